The summed E-state index contributed by atoms with van der Waals surface area (Å²) in [6, 6.07) is 4.89. The molecule has 0 fully saturated rings. The van der Waals surface area contributed by atoms with E-state index in [2.05, 4.69) is 0 Å². The summed E-state index contributed by atoms with van der Waals surface area (Å²) in [7, 11) is 0. The van der Waals surface area contributed by atoms with Crippen molar-refractivity contribution in [1.82, 2.24) is 0 Å². The summed E-state index contributed by atoms with van der Waals surface area (Å²) >= 11 is 0. The minimum Gasteiger partial charge on any atom is -0.478 e. The molecule has 17 heavy (non-hydrogen) atoms. The van der Waals surface area contributed by atoms with Crippen molar-refractivity contribution in [3.63, 3.8) is 0 Å². The number of carboxylic acids is 1. The third-order valence-electron chi connectivity index (χ3n) is 2.89. The Morgan fingerprint density at radius 1 is 1.41 bits per heavy atom. The van der Waals surface area contributed by atoms with E-state index in [1.165, 1.54) is 0 Å². The van der Waals surface area contributed by atoms with E-state index in [-0.39, 0.29) is 17.9 Å². The number of amides is 1. The molecule has 5 nitrogen and oxygen atoms in total. The molecule has 1 aliphatic rings. The van der Waals surface area contributed by atoms with Gasteiger partial charge in [-0.2, -0.15) is 0 Å². The molecule has 0 radical (unpaired) electrons. The van der Waals surface area contributed by atoms with Gasteiger partial charge in [0.2, 0.25) is 5.91 Å². The summed E-state index contributed by atoms with van der Waals surface area (Å²) in [5, 5.41) is 8.92. The first-order chi connectivity index (χ1) is 8.13. The van der Waals surface area contributed by atoms with Crippen LogP contribution in [0.1, 0.15) is 22.3 Å². The Hall–Kier alpha value is -1.88. The maximum Gasteiger partial charge on any atom is 0.335 e. The lowest BCUT2D eigenvalue weighted by Gasteiger charge is -2.17. The van der Waals surface area contributed by atoms with Crippen LogP contribution < -0.4 is 10.6 Å². The summed E-state index contributed by atoms with van der Waals surface area (Å²) in [4.78, 5) is 24.3. The molecule has 0 saturated carbocycles. The van der Waals surface area contributed by atoms with E-state index in [4.69, 9.17) is 10.8 Å². The van der Waals surface area contributed by atoms with Gasteiger partial charge in [0.25, 0.3) is 0 Å². The molecule has 90 valence electrons. The summed E-state index contributed by atoms with van der Waals surface area (Å²) in [6.07, 6.45) is 1.06. The van der Waals surface area contributed by atoms with Crippen LogP contribution in [0.4, 0.5) is 5.69 Å². The third-order valence-corrected chi connectivity index (χ3v) is 2.89. The molecule has 0 bridgehead atoms. The van der Waals surface area contributed by atoms with Crippen LogP contribution in [0.25, 0.3) is 0 Å². The molecule has 1 aromatic carbocycles. The van der Waals surface area contributed by atoms with Crippen LogP contribution in [-0.2, 0) is 11.2 Å². The van der Waals surface area contributed by atoms with Crippen molar-refractivity contribution < 1.29 is 14.7 Å². The second kappa shape index (κ2) is 4.55. The van der Waals surface area contributed by atoms with E-state index >= 15 is 0 Å². The van der Waals surface area contributed by atoms with Crippen molar-refractivity contribution in [2.24, 2.45) is 5.73 Å². The number of anilines is 1. The van der Waals surface area contributed by atoms with Crippen molar-refractivity contribution in [2.45, 2.75) is 12.8 Å². The number of benzene rings is 1. The molecular formula is C12H14N2O3. The molecule has 0 spiro atoms. The molecule has 2 rings (SSSR count). The van der Waals surface area contributed by atoms with E-state index in [0.29, 0.717) is 18.8 Å². The number of carbonyl (C=O) groups excluding carboxylic acids is 1. The van der Waals surface area contributed by atoms with Crippen LogP contribution in [-0.4, -0.2) is 30.1 Å². The van der Waals surface area contributed by atoms with Gasteiger partial charge in [-0.05, 0) is 24.1 Å². The normalized spacial score (nSPS) is 13.6. The Balaban J connectivity index is 2.32. The quantitative estimate of drug-likeness (QED) is 0.803. The molecule has 1 aliphatic heterocycles. The van der Waals surface area contributed by atoms with Gasteiger partial charge in [-0.25, -0.2) is 4.79 Å². The van der Waals surface area contributed by atoms with E-state index in [9.17, 15) is 9.59 Å². The molecule has 1 aromatic rings. The first-order valence-corrected chi connectivity index (χ1v) is 5.50. The maximum absolute atomic E-state index is 11.8. The van der Waals surface area contributed by atoms with E-state index < -0.39 is 5.97 Å². The van der Waals surface area contributed by atoms with Crippen LogP contribution in [0, 0.1) is 0 Å². The maximum atomic E-state index is 11.8. The second-order valence-electron chi connectivity index (χ2n) is 3.98. The molecule has 5 heteroatoms. The second-order valence-corrected chi connectivity index (χ2v) is 3.98. The summed E-state index contributed by atoms with van der Waals surface area (Å²) in [6.45, 7) is 0.917. The number of rotatable bonds is 3. The standard InChI is InChI=1S/C12H14N2O3/c13-5-3-11(15)14-6-4-8-1-2-9(12(16)17)7-10(8)14/h1-2,7H,3-6,13H2,(H,16,17). The topological polar surface area (TPSA) is 83.6 Å². The highest BCUT2D eigenvalue weighted by atomic mass is 16.4. The molecule has 0 aliphatic carbocycles. The summed E-state index contributed by atoms with van der Waals surface area (Å²) in [5.41, 5.74) is 7.28. The van der Waals surface area contributed by atoms with E-state index in [1.807, 2.05) is 0 Å². The fourth-order valence-corrected chi connectivity index (χ4v) is 2.03. The van der Waals surface area contributed by atoms with Crippen LogP contribution in [0.2, 0.25) is 0 Å². The Morgan fingerprint density at radius 3 is 2.82 bits per heavy atom. The lowest BCUT2D eigenvalue weighted by atomic mass is 10.1. The van der Waals surface area contributed by atoms with Crippen LogP contribution >= 0.6 is 0 Å². The monoisotopic (exact) mass is 234 g/mol. The average molecular weight is 234 g/mol. The largest absolute Gasteiger partial charge is 0.478 e. The van der Waals surface area contributed by atoms with E-state index in [1.54, 1.807) is 23.1 Å². The van der Waals surface area contributed by atoms with Crippen molar-refractivity contribution in [2.75, 3.05) is 18.0 Å². The van der Waals surface area contributed by atoms with E-state index in [0.717, 1.165) is 12.0 Å². The van der Waals surface area contributed by atoms with Crippen LogP contribution in [0.5, 0.6) is 0 Å². The molecule has 0 atom stereocenters. The SMILES string of the molecule is NCCC(=O)N1CCc2ccc(C(=O)O)cc21. The number of aromatic carboxylic acids is 1. The first-order valence-electron chi connectivity index (χ1n) is 5.50. The Kier molecular flexibility index (Phi) is 3.10. The molecule has 1 heterocycles. The predicted molar refractivity (Wildman–Crippen MR) is 63.1 cm³/mol. The van der Waals surface area contributed by atoms with Gasteiger partial charge in [0.15, 0.2) is 0 Å². The first kappa shape index (κ1) is 11.6. The number of nitrogens with zero attached hydrogens (tertiary/aromatic N) is 1. The van der Waals surface area contributed by atoms with Gasteiger partial charge in [0.1, 0.15) is 0 Å². The lowest BCUT2D eigenvalue weighted by Crippen LogP contribution is -2.30. The van der Waals surface area contributed by atoms with Gasteiger partial charge in [-0.1, -0.05) is 6.07 Å². The van der Waals surface area contributed by atoms with Gasteiger partial charge in [-0.3, -0.25) is 4.79 Å². The molecular weight excluding hydrogens is 220 g/mol. The fourth-order valence-electron chi connectivity index (χ4n) is 2.03. The number of nitrogens with two attached hydrogens (primary N) is 1. The minimum atomic E-state index is -0.981. The predicted octanol–water partition coefficient (Wildman–Crippen LogP) is 0.623. The van der Waals surface area contributed by atoms with Crippen LogP contribution in [0.3, 0.4) is 0 Å². The molecule has 3 N–H and O–H groups in total. The highest BCUT2D eigenvalue weighted by molar-refractivity contribution is 5.97. The Labute approximate surface area is 98.8 Å². The fraction of sp³-hybridized carbons (Fsp3) is 0.333. The Bertz CT molecular complexity index is 471. The number of carbonyl (C=O) groups is 2. The number of carboxylic acid groups (broad SMARTS) is 1. The Morgan fingerprint density at radius 2 is 2.18 bits per heavy atom. The van der Waals surface area contributed by atoms with Crippen molar-refractivity contribution in [3.8, 4) is 0 Å². The number of fused-ring (bicyclic) bond motifs is 1. The van der Waals surface area contributed by atoms with Gasteiger partial charge in [-0.15, -0.1) is 0 Å². The van der Waals surface area contributed by atoms with Crippen molar-refractivity contribution >= 4 is 17.6 Å². The van der Waals surface area contributed by atoms with Gasteiger partial charge < -0.3 is 15.7 Å². The zero-order chi connectivity index (χ0) is 12.4. The van der Waals surface area contributed by atoms with Gasteiger partial charge in [0, 0.05) is 25.2 Å². The zero-order valence-corrected chi connectivity index (χ0v) is 9.35. The van der Waals surface area contributed by atoms with Gasteiger partial charge in [0.05, 0.1) is 5.56 Å². The highest BCUT2D eigenvalue weighted by Crippen LogP contribution is 2.29. The third kappa shape index (κ3) is 2.14. The molecule has 1 amide bonds. The average Bonchev–Trinajstić information content (AvgIpc) is 2.71. The molecule has 0 aromatic heterocycles. The molecule has 0 saturated heterocycles. The van der Waals surface area contributed by atoms with Gasteiger partial charge >= 0.3 is 5.97 Å². The number of hydrogen-bond donors (Lipinski definition) is 2. The summed E-state index contributed by atoms with van der Waals surface area (Å²) in [5.74, 6) is -1.03. The number of hydrogen-bond acceptors (Lipinski definition) is 3. The highest BCUT2D eigenvalue weighted by Gasteiger charge is 2.24. The lowest BCUT2D eigenvalue weighted by molar-refractivity contribution is -0.118. The molecule has 0 unspecified atom stereocenters. The zero-order valence-electron chi connectivity index (χ0n) is 9.35. The smallest absolute Gasteiger partial charge is 0.335 e. The minimum absolute atomic E-state index is 0.0474. The van der Waals surface area contributed by atoms with Crippen molar-refractivity contribution in [1.29, 1.82) is 0 Å². The summed E-state index contributed by atoms with van der Waals surface area (Å²) < 4.78 is 0. The van der Waals surface area contributed by atoms with Crippen LogP contribution in [0.15, 0.2) is 18.2 Å². The van der Waals surface area contributed by atoms with Crippen molar-refractivity contribution in [3.05, 3.63) is 29.3 Å².